The van der Waals surface area contributed by atoms with Crippen molar-refractivity contribution in [2.45, 2.75) is 25.6 Å². The molecule has 0 aliphatic carbocycles. The van der Waals surface area contributed by atoms with Crippen LogP contribution in [0.3, 0.4) is 0 Å². The summed E-state index contributed by atoms with van der Waals surface area (Å²) < 4.78 is 0. The molecular formula is C12H13ClO3. The van der Waals surface area contributed by atoms with Crippen LogP contribution in [-0.2, 0) is 11.2 Å². The van der Waals surface area contributed by atoms with Gasteiger partial charge in [-0.3, -0.25) is 9.59 Å². The Morgan fingerprint density at radius 3 is 2.50 bits per heavy atom. The fraction of sp³-hybridized carbons (Fsp3) is 0.333. The van der Waals surface area contributed by atoms with E-state index in [9.17, 15) is 9.59 Å². The molecule has 0 saturated carbocycles. The maximum atomic E-state index is 11.7. The zero-order valence-corrected chi connectivity index (χ0v) is 9.91. The highest BCUT2D eigenvalue weighted by atomic mass is 35.5. The molecular weight excluding hydrogens is 228 g/mol. The molecule has 16 heavy (non-hydrogen) atoms. The Bertz CT molecular complexity index is 424. The Kier molecular flexibility index (Phi) is 4.07. The number of halogens is 1. The van der Waals surface area contributed by atoms with E-state index in [4.69, 9.17) is 16.7 Å². The Morgan fingerprint density at radius 2 is 2.06 bits per heavy atom. The predicted molar refractivity (Wildman–Crippen MR) is 62.2 cm³/mol. The number of carbonyl (C=O) groups is 2. The number of benzene rings is 1. The number of ketones is 1. The Morgan fingerprint density at radius 1 is 1.44 bits per heavy atom. The Hall–Kier alpha value is -1.35. The summed E-state index contributed by atoms with van der Waals surface area (Å²) in [6.45, 7) is 3.40. The number of rotatable bonds is 4. The smallest absolute Gasteiger partial charge is 0.307 e. The van der Waals surface area contributed by atoms with Crippen molar-refractivity contribution in [3.8, 4) is 0 Å². The highest BCUT2D eigenvalue weighted by Gasteiger charge is 2.15. The SMILES string of the molecule is Cc1cc(CC(=O)O)ccc1C(=O)C(C)Cl. The first-order chi connectivity index (χ1) is 7.41. The highest BCUT2D eigenvalue weighted by molar-refractivity contribution is 6.33. The van der Waals surface area contributed by atoms with Gasteiger partial charge in [-0.05, 0) is 25.0 Å². The lowest BCUT2D eigenvalue weighted by atomic mass is 9.99. The molecule has 4 heteroatoms. The molecule has 1 aromatic carbocycles. The molecule has 1 atom stereocenters. The van der Waals surface area contributed by atoms with Gasteiger partial charge in [0.15, 0.2) is 5.78 Å². The zero-order valence-electron chi connectivity index (χ0n) is 9.16. The topological polar surface area (TPSA) is 54.4 Å². The van der Waals surface area contributed by atoms with Crippen LogP contribution in [0.25, 0.3) is 0 Å². The van der Waals surface area contributed by atoms with Crippen molar-refractivity contribution in [1.29, 1.82) is 0 Å². The minimum absolute atomic E-state index is 0.0360. The minimum Gasteiger partial charge on any atom is -0.481 e. The Labute approximate surface area is 99.0 Å². The molecule has 0 radical (unpaired) electrons. The van der Waals surface area contributed by atoms with Crippen molar-refractivity contribution in [3.05, 3.63) is 34.9 Å². The van der Waals surface area contributed by atoms with Crippen LogP contribution < -0.4 is 0 Å². The lowest BCUT2D eigenvalue weighted by Crippen LogP contribution is -2.12. The van der Waals surface area contributed by atoms with Gasteiger partial charge in [0.2, 0.25) is 0 Å². The number of carboxylic acids is 1. The van der Waals surface area contributed by atoms with Gasteiger partial charge in [0.1, 0.15) is 0 Å². The number of Topliss-reactive ketones (excluding diaryl/α,β-unsaturated/α-hetero) is 1. The second-order valence-electron chi connectivity index (χ2n) is 3.70. The van der Waals surface area contributed by atoms with Crippen molar-refractivity contribution in [2.24, 2.45) is 0 Å². The molecule has 0 amide bonds. The first kappa shape index (κ1) is 12.7. The summed E-state index contributed by atoms with van der Waals surface area (Å²) in [5.41, 5.74) is 2.00. The third-order valence-corrected chi connectivity index (χ3v) is 2.47. The van der Waals surface area contributed by atoms with E-state index in [0.29, 0.717) is 11.1 Å². The molecule has 0 saturated heterocycles. The molecule has 0 heterocycles. The summed E-state index contributed by atoms with van der Waals surface area (Å²) in [5.74, 6) is -1.02. The average Bonchev–Trinajstić information content (AvgIpc) is 2.15. The van der Waals surface area contributed by atoms with E-state index in [2.05, 4.69) is 0 Å². The predicted octanol–water partition coefficient (Wildman–Crippen LogP) is 2.43. The molecule has 1 N–H and O–H groups in total. The molecule has 3 nitrogen and oxygen atoms in total. The maximum absolute atomic E-state index is 11.7. The maximum Gasteiger partial charge on any atom is 0.307 e. The van der Waals surface area contributed by atoms with Crippen LogP contribution in [0.2, 0.25) is 0 Å². The van der Waals surface area contributed by atoms with E-state index >= 15 is 0 Å². The fourth-order valence-corrected chi connectivity index (χ4v) is 1.62. The van der Waals surface area contributed by atoms with Gasteiger partial charge in [-0.15, -0.1) is 11.6 Å². The van der Waals surface area contributed by atoms with Crippen molar-refractivity contribution in [1.82, 2.24) is 0 Å². The third-order valence-electron chi connectivity index (χ3n) is 2.27. The number of aliphatic carboxylic acids is 1. The molecule has 0 aliphatic rings. The van der Waals surface area contributed by atoms with Gasteiger partial charge in [-0.25, -0.2) is 0 Å². The summed E-state index contributed by atoms with van der Waals surface area (Å²) in [6.07, 6.45) is -0.0360. The normalized spacial score (nSPS) is 12.2. The molecule has 0 aromatic heterocycles. The molecule has 1 aromatic rings. The number of hydrogen-bond acceptors (Lipinski definition) is 2. The molecule has 0 bridgehead atoms. The number of carboxylic acid groups (broad SMARTS) is 1. The van der Waals surface area contributed by atoms with E-state index < -0.39 is 11.3 Å². The third kappa shape index (κ3) is 3.07. The molecule has 0 aliphatic heterocycles. The van der Waals surface area contributed by atoms with E-state index in [1.165, 1.54) is 0 Å². The van der Waals surface area contributed by atoms with Crippen LogP contribution in [0.4, 0.5) is 0 Å². The quantitative estimate of drug-likeness (QED) is 0.650. The summed E-state index contributed by atoms with van der Waals surface area (Å²) in [7, 11) is 0. The van der Waals surface area contributed by atoms with Crippen molar-refractivity contribution >= 4 is 23.4 Å². The van der Waals surface area contributed by atoms with Crippen LogP contribution in [0, 0.1) is 6.92 Å². The first-order valence-electron chi connectivity index (χ1n) is 4.91. The van der Waals surface area contributed by atoms with Gasteiger partial charge in [-0.1, -0.05) is 18.2 Å². The number of carbonyl (C=O) groups excluding carboxylic acids is 1. The summed E-state index contributed by atoms with van der Waals surface area (Å²) in [4.78, 5) is 22.2. The summed E-state index contributed by atoms with van der Waals surface area (Å²) in [6, 6.07) is 4.99. The van der Waals surface area contributed by atoms with Crippen LogP contribution in [0.15, 0.2) is 18.2 Å². The number of aryl methyl sites for hydroxylation is 1. The van der Waals surface area contributed by atoms with Crippen LogP contribution >= 0.6 is 11.6 Å². The lowest BCUT2D eigenvalue weighted by molar-refractivity contribution is -0.136. The molecule has 86 valence electrons. The van der Waals surface area contributed by atoms with Crippen LogP contribution in [0.5, 0.6) is 0 Å². The van der Waals surface area contributed by atoms with Crippen molar-refractivity contribution in [3.63, 3.8) is 0 Å². The van der Waals surface area contributed by atoms with Gasteiger partial charge in [0, 0.05) is 5.56 Å². The van der Waals surface area contributed by atoms with Gasteiger partial charge in [0.05, 0.1) is 11.8 Å². The summed E-state index contributed by atoms with van der Waals surface area (Å²) >= 11 is 5.72. The molecule has 0 spiro atoms. The Balaban J connectivity index is 3.00. The van der Waals surface area contributed by atoms with E-state index in [0.717, 1.165) is 5.56 Å². The number of hydrogen-bond donors (Lipinski definition) is 1. The van der Waals surface area contributed by atoms with E-state index in [1.54, 1.807) is 32.0 Å². The van der Waals surface area contributed by atoms with Gasteiger partial charge in [0.25, 0.3) is 0 Å². The van der Waals surface area contributed by atoms with E-state index in [1.807, 2.05) is 0 Å². The minimum atomic E-state index is -0.885. The second kappa shape index (κ2) is 5.12. The van der Waals surface area contributed by atoms with Gasteiger partial charge >= 0.3 is 5.97 Å². The van der Waals surface area contributed by atoms with Crippen LogP contribution in [-0.4, -0.2) is 22.2 Å². The fourth-order valence-electron chi connectivity index (χ4n) is 1.50. The van der Waals surface area contributed by atoms with Gasteiger partial charge < -0.3 is 5.11 Å². The molecule has 1 rings (SSSR count). The van der Waals surface area contributed by atoms with E-state index in [-0.39, 0.29) is 12.2 Å². The monoisotopic (exact) mass is 240 g/mol. The largest absolute Gasteiger partial charge is 0.481 e. The molecule has 1 unspecified atom stereocenters. The highest BCUT2D eigenvalue weighted by Crippen LogP contribution is 2.15. The summed E-state index contributed by atoms with van der Waals surface area (Å²) in [5, 5.41) is 8.07. The number of alkyl halides is 1. The van der Waals surface area contributed by atoms with Crippen molar-refractivity contribution < 1.29 is 14.7 Å². The zero-order chi connectivity index (χ0) is 12.3. The van der Waals surface area contributed by atoms with Crippen LogP contribution in [0.1, 0.15) is 28.4 Å². The lowest BCUT2D eigenvalue weighted by Gasteiger charge is -2.08. The second-order valence-corrected chi connectivity index (χ2v) is 4.35. The first-order valence-corrected chi connectivity index (χ1v) is 5.35. The standard InChI is InChI=1S/C12H13ClO3/c1-7-5-9(6-11(14)15)3-4-10(7)12(16)8(2)13/h3-5,8H,6H2,1-2H3,(H,14,15). The average molecular weight is 241 g/mol. The molecule has 0 fully saturated rings. The van der Waals surface area contributed by atoms with Gasteiger partial charge in [-0.2, -0.15) is 0 Å². The van der Waals surface area contributed by atoms with Crippen molar-refractivity contribution in [2.75, 3.05) is 0 Å².